The summed E-state index contributed by atoms with van der Waals surface area (Å²) >= 11 is 3.43. The van der Waals surface area contributed by atoms with Gasteiger partial charge in [0.05, 0.1) is 0 Å². The molecule has 1 atom stereocenters. The zero-order chi connectivity index (χ0) is 8.53. The van der Waals surface area contributed by atoms with Crippen LogP contribution in [0.4, 0.5) is 0 Å². The van der Waals surface area contributed by atoms with E-state index in [9.17, 15) is 0 Å². The second-order valence-corrected chi connectivity index (χ2v) is 3.83. The Balaban J connectivity index is 2.97. The average Bonchev–Trinajstić information content (AvgIpc) is 1.99. The molecule has 1 unspecified atom stereocenters. The molecule has 0 saturated heterocycles. The lowest BCUT2D eigenvalue weighted by Crippen LogP contribution is -2.27. The van der Waals surface area contributed by atoms with E-state index in [0.29, 0.717) is 6.04 Å². The standard InChI is InChI=1S/C9H20BrN/c1-3-4-5-8-11-9(2)6-7-10/h9,11H,3-8H2,1-2H3. The quantitative estimate of drug-likeness (QED) is 0.515. The molecule has 0 radical (unpaired) electrons. The first kappa shape index (κ1) is 11.4. The Bertz CT molecular complexity index is 76.0. The fourth-order valence-electron chi connectivity index (χ4n) is 0.989. The van der Waals surface area contributed by atoms with Gasteiger partial charge in [-0.05, 0) is 26.3 Å². The Kier molecular flexibility index (Phi) is 8.88. The van der Waals surface area contributed by atoms with Crippen LogP contribution in [0.5, 0.6) is 0 Å². The summed E-state index contributed by atoms with van der Waals surface area (Å²) in [6, 6.07) is 0.672. The fourth-order valence-corrected chi connectivity index (χ4v) is 1.68. The lowest BCUT2D eigenvalue weighted by molar-refractivity contribution is 0.518. The molecule has 0 aromatic rings. The number of nitrogens with one attached hydrogen (secondary N) is 1. The van der Waals surface area contributed by atoms with Gasteiger partial charge in [-0.25, -0.2) is 0 Å². The van der Waals surface area contributed by atoms with Crippen LogP contribution < -0.4 is 5.32 Å². The molecule has 68 valence electrons. The summed E-state index contributed by atoms with van der Waals surface area (Å²) in [7, 11) is 0. The first-order valence-corrected chi connectivity index (χ1v) is 5.72. The van der Waals surface area contributed by atoms with Crippen LogP contribution in [0, 0.1) is 0 Å². The zero-order valence-electron chi connectivity index (χ0n) is 7.70. The van der Waals surface area contributed by atoms with Crippen LogP contribution in [0.1, 0.15) is 39.5 Å². The van der Waals surface area contributed by atoms with Crippen molar-refractivity contribution in [2.75, 3.05) is 11.9 Å². The van der Waals surface area contributed by atoms with Crippen LogP contribution in [0.15, 0.2) is 0 Å². The number of halogens is 1. The summed E-state index contributed by atoms with van der Waals surface area (Å²) in [5, 5.41) is 4.59. The van der Waals surface area contributed by atoms with Gasteiger partial charge in [0.1, 0.15) is 0 Å². The van der Waals surface area contributed by atoms with Crippen molar-refractivity contribution in [3.8, 4) is 0 Å². The largest absolute Gasteiger partial charge is 0.314 e. The van der Waals surface area contributed by atoms with E-state index in [1.807, 2.05) is 0 Å². The second-order valence-electron chi connectivity index (χ2n) is 3.04. The third-order valence-corrected chi connectivity index (χ3v) is 2.27. The predicted octanol–water partition coefficient (Wildman–Crippen LogP) is 2.94. The molecule has 0 aromatic carbocycles. The molecule has 1 N–H and O–H groups in total. The van der Waals surface area contributed by atoms with Crippen molar-refractivity contribution in [3.63, 3.8) is 0 Å². The molecule has 0 amide bonds. The second kappa shape index (κ2) is 8.54. The van der Waals surface area contributed by atoms with E-state index in [-0.39, 0.29) is 0 Å². The molecule has 0 spiro atoms. The molecule has 0 aromatic heterocycles. The summed E-state index contributed by atoms with van der Waals surface area (Å²) < 4.78 is 0. The molecular formula is C9H20BrN. The Hall–Kier alpha value is 0.440. The van der Waals surface area contributed by atoms with E-state index in [2.05, 4.69) is 35.1 Å². The van der Waals surface area contributed by atoms with E-state index in [0.717, 1.165) is 5.33 Å². The van der Waals surface area contributed by atoms with E-state index < -0.39 is 0 Å². The van der Waals surface area contributed by atoms with E-state index in [1.165, 1.54) is 32.2 Å². The highest BCUT2D eigenvalue weighted by Gasteiger charge is 1.97. The number of alkyl halides is 1. The predicted molar refractivity (Wildman–Crippen MR) is 55.4 cm³/mol. The van der Waals surface area contributed by atoms with Crippen LogP contribution >= 0.6 is 15.9 Å². The van der Waals surface area contributed by atoms with Crippen molar-refractivity contribution >= 4 is 15.9 Å². The van der Waals surface area contributed by atoms with Crippen molar-refractivity contribution in [2.24, 2.45) is 0 Å². The topological polar surface area (TPSA) is 12.0 Å². The van der Waals surface area contributed by atoms with Gasteiger partial charge in [0.2, 0.25) is 0 Å². The van der Waals surface area contributed by atoms with Gasteiger partial charge in [0.15, 0.2) is 0 Å². The Labute approximate surface area is 79.1 Å². The summed E-state index contributed by atoms with van der Waals surface area (Å²) in [5.74, 6) is 0. The monoisotopic (exact) mass is 221 g/mol. The minimum Gasteiger partial charge on any atom is -0.314 e. The summed E-state index contributed by atoms with van der Waals surface area (Å²) in [6.45, 7) is 5.66. The highest BCUT2D eigenvalue weighted by molar-refractivity contribution is 9.09. The minimum atomic E-state index is 0.672. The van der Waals surface area contributed by atoms with Crippen molar-refractivity contribution < 1.29 is 0 Å². The molecule has 0 heterocycles. The first-order chi connectivity index (χ1) is 5.31. The molecular weight excluding hydrogens is 202 g/mol. The lowest BCUT2D eigenvalue weighted by Gasteiger charge is -2.11. The number of hydrogen-bond donors (Lipinski definition) is 1. The Morgan fingerprint density at radius 1 is 1.36 bits per heavy atom. The maximum atomic E-state index is 3.49. The molecule has 0 aliphatic rings. The zero-order valence-corrected chi connectivity index (χ0v) is 9.28. The summed E-state index contributed by atoms with van der Waals surface area (Å²) in [6.07, 6.45) is 5.22. The maximum absolute atomic E-state index is 3.49. The molecule has 0 bridgehead atoms. The van der Waals surface area contributed by atoms with Crippen molar-refractivity contribution in [1.29, 1.82) is 0 Å². The van der Waals surface area contributed by atoms with Gasteiger partial charge in [-0.1, -0.05) is 35.7 Å². The third-order valence-electron chi connectivity index (χ3n) is 1.82. The first-order valence-electron chi connectivity index (χ1n) is 4.60. The lowest BCUT2D eigenvalue weighted by atomic mass is 10.2. The fraction of sp³-hybridized carbons (Fsp3) is 1.00. The third kappa shape index (κ3) is 8.35. The molecule has 2 heteroatoms. The molecule has 0 fully saturated rings. The smallest absolute Gasteiger partial charge is 0.00466 e. The van der Waals surface area contributed by atoms with E-state index in [4.69, 9.17) is 0 Å². The molecule has 0 rings (SSSR count). The molecule has 0 aliphatic heterocycles. The van der Waals surface area contributed by atoms with Crippen LogP contribution in [0.2, 0.25) is 0 Å². The Morgan fingerprint density at radius 2 is 2.09 bits per heavy atom. The van der Waals surface area contributed by atoms with E-state index in [1.54, 1.807) is 0 Å². The average molecular weight is 222 g/mol. The van der Waals surface area contributed by atoms with E-state index >= 15 is 0 Å². The van der Waals surface area contributed by atoms with Gasteiger partial charge < -0.3 is 5.32 Å². The summed E-state index contributed by atoms with van der Waals surface area (Å²) in [4.78, 5) is 0. The SMILES string of the molecule is CCCCCNC(C)CCBr. The van der Waals surface area contributed by atoms with Gasteiger partial charge in [0, 0.05) is 11.4 Å². The van der Waals surface area contributed by atoms with Crippen molar-refractivity contribution in [1.82, 2.24) is 5.32 Å². The highest BCUT2D eigenvalue weighted by atomic mass is 79.9. The van der Waals surface area contributed by atoms with Crippen LogP contribution in [-0.4, -0.2) is 17.9 Å². The van der Waals surface area contributed by atoms with Crippen LogP contribution in [-0.2, 0) is 0 Å². The van der Waals surface area contributed by atoms with Gasteiger partial charge in [0.25, 0.3) is 0 Å². The van der Waals surface area contributed by atoms with Crippen molar-refractivity contribution in [3.05, 3.63) is 0 Å². The van der Waals surface area contributed by atoms with Crippen LogP contribution in [0.3, 0.4) is 0 Å². The van der Waals surface area contributed by atoms with Crippen LogP contribution in [0.25, 0.3) is 0 Å². The van der Waals surface area contributed by atoms with Gasteiger partial charge in [-0.15, -0.1) is 0 Å². The highest BCUT2D eigenvalue weighted by Crippen LogP contribution is 1.96. The van der Waals surface area contributed by atoms with Crippen molar-refractivity contribution in [2.45, 2.75) is 45.6 Å². The molecule has 0 aliphatic carbocycles. The summed E-state index contributed by atoms with van der Waals surface area (Å²) in [5.41, 5.74) is 0. The van der Waals surface area contributed by atoms with Gasteiger partial charge >= 0.3 is 0 Å². The normalized spacial score (nSPS) is 13.4. The van der Waals surface area contributed by atoms with Gasteiger partial charge in [-0.3, -0.25) is 0 Å². The maximum Gasteiger partial charge on any atom is 0.00466 e. The molecule has 0 saturated carbocycles. The number of hydrogen-bond acceptors (Lipinski definition) is 1. The molecule has 11 heavy (non-hydrogen) atoms. The number of unbranched alkanes of at least 4 members (excludes halogenated alkanes) is 2. The minimum absolute atomic E-state index is 0.672. The number of rotatable bonds is 7. The van der Waals surface area contributed by atoms with Gasteiger partial charge in [-0.2, -0.15) is 0 Å². The Morgan fingerprint density at radius 3 is 2.64 bits per heavy atom. The molecule has 1 nitrogen and oxygen atoms in total.